The fraction of sp³-hybridized carbons (Fsp3) is 0.933. The van der Waals surface area contributed by atoms with Crippen LogP contribution in [0, 0.1) is 11.8 Å². The van der Waals surface area contributed by atoms with E-state index >= 15 is 0 Å². The Morgan fingerprint density at radius 3 is 2.45 bits per heavy atom. The van der Waals surface area contributed by atoms with E-state index in [1.165, 1.54) is 4.90 Å². The van der Waals surface area contributed by atoms with E-state index in [1.54, 1.807) is 0 Å². The quantitative estimate of drug-likeness (QED) is 0.755. The minimum Gasteiger partial charge on any atom is -0.355 e. The second-order valence-electron chi connectivity index (χ2n) is 6.33. The van der Waals surface area contributed by atoms with Crippen LogP contribution in [0.2, 0.25) is 0 Å². The predicted molar refractivity (Wildman–Crippen MR) is 80.3 cm³/mol. The van der Waals surface area contributed by atoms with Gasteiger partial charge < -0.3 is 11.1 Å². The monoisotopic (exact) mass is 323 g/mol. The van der Waals surface area contributed by atoms with Crippen molar-refractivity contribution >= 4 is 5.91 Å². The van der Waals surface area contributed by atoms with Crippen molar-refractivity contribution in [3.63, 3.8) is 0 Å². The second-order valence-corrected chi connectivity index (χ2v) is 6.33. The number of hydrogen-bond donors (Lipinski definition) is 2. The zero-order valence-corrected chi connectivity index (χ0v) is 13.5. The summed E-state index contributed by atoms with van der Waals surface area (Å²) < 4.78 is 36.9. The first-order valence-corrected chi connectivity index (χ1v) is 8.05. The number of alkyl halides is 3. The summed E-state index contributed by atoms with van der Waals surface area (Å²) >= 11 is 0. The van der Waals surface area contributed by atoms with Gasteiger partial charge in [0.05, 0.1) is 12.6 Å². The standard InChI is InChI=1S/C15H28F3N3O/c1-3-11(2)13(19)14(22)20-7-4-12-5-8-21(9-6-12)10-15(16,17)18/h11-13H,3-10,19H2,1-2H3,(H,20,22). The minimum absolute atomic E-state index is 0.135. The Hall–Kier alpha value is -0.820. The molecule has 1 aliphatic heterocycles. The summed E-state index contributed by atoms with van der Waals surface area (Å²) in [6.07, 6.45) is -0.954. The molecule has 1 heterocycles. The van der Waals surface area contributed by atoms with Crippen molar-refractivity contribution < 1.29 is 18.0 Å². The molecule has 1 fully saturated rings. The van der Waals surface area contributed by atoms with Gasteiger partial charge in [-0.1, -0.05) is 20.3 Å². The summed E-state index contributed by atoms with van der Waals surface area (Å²) in [5.41, 5.74) is 5.84. The third kappa shape index (κ3) is 6.96. The van der Waals surface area contributed by atoms with Gasteiger partial charge in [-0.2, -0.15) is 13.2 Å². The normalized spacial score (nSPS) is 20.6. The van der Waals surface area contributed by atoms with E-state index < -0.39 is 18.8 Å². The number of rotatable bonds is 7. The molecular formula is C15H28F3N3O. The van der Waals surface area contributed by atoms with E-state index in [-0.39, 0.29) is 11.8 Å². The highest BCUT2D eigenvalue weighted by Gasteiger charge is 2.32. The van der Waals surface area contributed by atoms with Gasteiger partial charge in [-0.25, -0.2) is 0 Å². The lowest BCUT2D eigenvalue weighted by atomic mass is 9.93. The number of carbonyl (C=O) groups is 1. The molecule has 3 N–H and O–H groups in total. The first-order chi connectivity index (χ1) is 10.2. The van der Waals surface area contributed by atoms with Crippen molar-refractivity contribution in [3.05, 3.63) is 0 Å². The molecule has 22 heavy (non-hydrogen) atoms. The predicted octanol–water partition coefficient (Wildman–Crippen LogP) is 2.14. The average Bonchev–Trinajstić information content (AvgIpc) is 2.45. The number of likely N-dealkylation sites (tertiary alicyclic amines) is 1. The van der Waals surface area contributed by atoms with Crippen LogP contribution in [0.5, 0.6) is 0 Å². The van der Waals surface area contributed by atoms with E-state index in [1.807, 2.05) is 13.8 Å². The molecule has 0 aromatic carbocycles. The van der Waals surface area contributed by atoms with Gasteiger partial charge in [0, 0.05) is 6.54 Å². The molecule has 4 nitrogen and oxygen atoms in total. The van der Waals surface area contributed by atoms with Crippen LogP contribution in [0.4, 0.5) is 13.2 Å². The Labute approximate surface area is 130 Å². The van der Waals surface area contributed by atoms with Crippen LogP contribution in [0.1, 0.15) is 39.5 Å². The van der Waals surface area contributed by atoms with Gasteiger partial charge in [-0.05, 0) is 44.2 Å². The molecule has 2 atom stereocenters. The van der Waals surface area contributed by atoms with Gasteiger partial charge >= 0.3 is 6.18 Å². The lowest BCUT2D eigenvalue weighted by Gasteiger charge is -2.32. The first kappa shape index (κ1) is 19.2. The molecule has 2 unspecified atom stereocenters. The fourth-order valence-corrected chi connectivity index (χ4v) is 2.72. The van der Waals surface area contributed by atoms with Gasteiger partial charge in [0.15, 0.2) is 0 Å². The SMILES string of the molecule is CCC(C)C(N)C(=O)NCCC1CCN(CC(F)(F)F)CC1. The minimum atomic E-state index is -4.12. The maximum absolute atomic E-state index is 12.3. The van der Waals surface area contributed by atoms with Crippen LogP contribution in [-0.2, 0) is 4.79 Å². The van der Waals surface area contributed by atoms with Crippen LogP contribution in [0.25, 0.3) is 0 Å². The van der Waals surface area contributed by atoms with Crippen LogP contribution in [0.3, 0.4) is 0 Å². The van der Waals surface area contributed by atoms with Crippen molar-refractivity contribution in [1.29, 1.82) is 0 Å². The second kappa shape index (κ2) is 8.72. The summed E-state index contributed by atoms with van der Waals surface area (Å²) in [6.45, 7) is 4.62. The molecule has 0 spiro atoms. The largest absolute Gasteiger partial charge is 0.401 e. The van der Waals surface area contributed by atoms with Gasteiger partial charge in [0.2, 0.25) is 5.91 Å². The molecule has 0 radical (unpaired) electrons. The number of carbonyl (C=O) groups excluding carboxylic acids is 1. The fourth-order valence-electron chi connectivity index (χ4n) is 2.72. The summed E-state index contributed by atoms with van der Waals surface area (Å²) in [7, 11) is 0. The van der Waals surface area contributed by atoms with Crippen molar-refractivity contribution in [2.45, 2.75) is 51.7 Å². The highest BCUT2D eigenvalue weighted by Crippen LogP contribution is 2.23. The highest BCUT2D eigenvalue weighted by molar-refractivity contribution is 5.81. The van der Waals surface area contributed by atoms with E-state index in [0.717, 1.165) is 25.7 Å². The van der Waals surface area contributed by atoms with Crippen molar-refractivity contribution in [1.82, 2.24) is 10.2 Å². The lowest BCUT2D eigenvalue weighted by molar-refractivity contribution is -0.148. The van der Waals surface area contributed by atoms with Crippen LogP contribution >= 0.6 is 0 Å². The summed E-state index contributed by atoms with van der Waals surface area (Å²) in [6, 6.07) is -0.487. The van der Waals surface area contributed by atoms with Gasteiger partial charge in [-0.15, -0.1) is 0 Å². The Kier molecular flexibility index (Phi) is 7.62. The van der Waals surface area contributed by atoms with E-state index in [0.29, 0.717) is 25.6 Å². The van der Waals surface area contributed by atoms with Crippen LogP contribution < -0.4 is 11.1 Å². The van der Waals surface area contributed by atoms with E-state index in [4.69, 9.17) is 5.73 Å². The zero-order valence-electron chi connectivity index (χ0n) is 13.5. The number of amides is 1. The number of nitrogens with two attached hydrogens (primary N) is 1. The summed E-state index contributed by atoms with van der Waals surface area (Å²) in [4.78, 5) is 13.3. The number of halogens is 3. The highest BCUT2D eigenvalue weighted by atomic mass is 19.4. The van der Waals surface area contributed by atoms with E-state index in [2.05, 4.69) is 5.32 Å². The number of nitrogens with one attached hydrogen (secondary N) is 1. The Morgan fingerprint density at radius 2 is 1.95 bits per heavy atom. The molecule has 1 amide bonds. The van der Waals surface area contributed by atoms with Gasteiger partial charge in [0.25, 0.3) is 0 Å². The van der Waals surface area contributed by atoms with E-state index in [9.17, 15) is 18.0 Å². The third-order valence-corrected chi connectivity index (χ3v) is 4.52. The molecule has 0 aliphatic carbocycles. The number of piperidine rings is 1. The number of hydrogen-bond acceptors (Lipinski definition) is 3. The molecule has 0 bridgehead atoms. The molecule has 0 aromatic heterocycles. The Bertz CT molecular complexity index is 341. The molecule has 1 aliphatic rings. The molecule has 130 valence electrons. The molecule has 0 aromatic rings. The summed E-state index contributed by atoms with van der Waals surface area (Å²) in [5, 5.41) is 2.84. The molecular weight excluding hydrogens is 295 g/mol. The third-order valence-electron chi connectivity index (χ3n) is 4.52. The van der Waals surface area contributed by atoms with Crippen molar-refractivity contribution in [2.24, 2.45) is 17.6 Å². The van der Waals surface area contributed by atoms with Crippen LogP contribution in [0.15, 0.2) is 0 Å². The van der Waals surface area contributed by atoms with Crippen molar-refractivity contribution in [3.8, 4) is 0 Å². The maximum atomic E-state index is 12.3. The molecule has 1 saturated heterocycles. The zero-order chi connectivity index (χ0) is 16.8. The van der Waals surface area contributed by atoms with Gasteiger partial charge in [-0.3, -0.25) is 9.69 Å². The van der Waals surface area contributed by atoms with Crippen LogP contribution in [-0.4, -0.2) is 49.2 Å². The Morgan fingerprint density at radius 1 is 1.36 bits per heavy atom. The van der Waals surface area contributed by atoms with Gasteiger partial charge in [0.1, 0.15) is 0 Å². The lowest BCUT2D eigenvalue weighted by Crippen LogP contribution is -2.45. The van der Waals surface area contributed by atoms with Crippen molar-refractivity contribution in [2.75, 3.05) is 26.2 Å². The molecule has 0 saturated carbocycles. The average molecular weight is 323 g/mol. The molecule has 1 rings (SSSR count). The first-order valence-electron chi connectivity index (χ1n) is 8.05. The maximum Gasteiger partial charge on any atom is 0.401 e. The summed E-state index contributed by atoms with van der Waals surface area (Å²) in [5.74, 6) is 0.388. The Balaban J connectivity index is 2.19. The molecule has 7 heteroatoms. The smallest absolute Gasteiger partial charge is 0.355 e. The number of nitrogens with zero attached hydrogens (tertiary/aromatic N) is 1. The topological polar surface area (TPSA) is 58.4 Å².